The summed E-state index contributed by atoms with van der Waals surface area (Å²) in [5.41, 5.74) is 9.30. The fraction of sp³-hybridized carbons (Fsp3) is 0.333. The van der Waals surface area contributed by atoms with E-state index in [4.69, 9.17) is 9.72 Å². The van der Waals surface area contributed by atoms with E-state index in [1.54, 1.807) is 0 Å². The molecular weight excluding hydrogens is 340 g/mol. The summed E-state index contributed by atoms with van der Waals surface area (Å²) in [7, 11) is 1.36. The van der Waals surface area contributed by atoms with Crippen molar-refractivity contribution in [1.29, 1.82) is 0 Å². The first-order valence-corrected chi connectivity index (χ1v) is 8.96. The Morgan fingerprint density at radius 2 is 1.81 bits per heavy atom. The molecule has 0 aliphatic rings. The minimum Gasteiger partial charge on any atom is -0.453 e. The zero-order valence-electron chi connectivity index (χ0n) is 16.7. The number of benzene rings is 1. The van der Waals surface area contributed by atoms with Gasteiger partial charge in [0.15, 0.2) is 5.65 Å². The molecule has 2 heterocycles. The number of fused-ring (bicyclic) bond motifs is 1. The standard InChI is InChI=1S/C21H26N4O2/c1-12-8-7-9-18(24-21(26)27-6)17(12)11-22-19-10-13(2)15(4)25-16(5)14(3)23-20(19)25/h7-10,22H,11H2,1-6H3,(H,24,26). The van der Waals surface area contributed by atoms with Crippen LogP contribution in [0.15, 0.2) is 24.3 Å². The van der Waals surface area contributed by atoms with Gasteiger partial charge >= 0.3 is 6.09 Å². The second kappa shape index (κ2) is 7.31. The minimum atomic E-state index is -0.477. The largest absolute Gasteiger partial charge is 0.453 e. The smallest absolute Gasteiger partial charge is 0.411 e. The molecule has 0 spiro atoms. The number of ether oxygens (including phenoxy) is 1. The first kappa shape index (κ1) is 18.8. The summed E-state index contributed by atoms with van der Waals surface area (Å²) in [4.78, 5) is 16.4. The maximum absolute atomic E-state index is 11.6. The van der Waals surface area contributed by atoms with Gasteiger partial charge in [-0.15, -0.1) is 0 Å². The highest BCUT2D eigenvalue weighted by molar-refractivity contribution is 5.86. The number of aryl methyl sites for hydroxylation is 5. The summed E-state index contributed by atoms with van der Waals surface area (Å²) >= 11 is 0. The lowest BCUT2D eigenvalue weighted by molar-refractivity contribution is 0.187. The molecule has 0 aliphatic heterocycles. The van der Waals surface area contributed by atoms with Crippen molar-refractivity contribution in [2.45, 2.75) is 41.2 Å². The molecular formula is C21H26N4O2. The molecule has 3 aromatic rings. The summed E-state index contributed by atoms with van der Waals surface area (Å²) < 4.78 is 6.92. The second-order valence-corrected chi connectivity index (χ2v) is 6.84. The van der Waals surface area contributed by atoms with Crippen LogP contribution >= 0.6 is 0 Å². The Morgan fingerprint density at radius 1 is 1.07 bits per heavy atom. The lowest BCUT2D eigenvalue weighted by atomic mass is 10.1. The average molecular weight is 366 g/mol. The Hall–Kier alpha value is -3.02. The fourth-order valence-corrected chi connectivity index (χ4v) is 3.29. The average Bonchev–Trinajstić information content (AvgIpc) is 2.93. The number of rotatable bonds is 4. The van der Waals surface area contributed by atoms with E-state index in [0.29, 0.717) is 6.54 Å². The van der Waals surface area contributed by atoms with E-state index in [1.165, 1.54) is 18.4 Å². The summed E-state index contributed by atoms with van der Waals surface area (Å²) in [6.07, 6.45) is -0.477. The number of anilines is 2. The summed E-state index contributed by atoms with van der Waals surface area (Å²) in [5.74, 6) is 0. The maximum atomic E-state index is 11.6. The van der Waals surface area contributed by atoms with Crippen LogP contribution in [0.4, 0.5) is 16.2 Å². The quantitative estimate of drug-likeness (QED) is 0.704. The van der Waals surface area contributed by atoms with Crippen molar-refractivity contribution in [3.63, 3.8) is 0 Å². The molecule has 0 saturated heterocycles. The van der Waals surface area contributed by atoms with Crippen molar-refractivity contribution >= 4 is 23.1 Å². The SMILES string of the molecule is COC(=O)Nc1cccc(C)c1CNc1cc(C)c(C)n2c(C)c(C)nc12. The molecule has 142 valence electrons. The van der Waals surface area contributed by atoms with Crippen molar-refractivity contribution in [1.82, 2.24) is 9.38 Å². The summed E-state index contributed by atoms with van der Waals surface area (Å²) in [5, 5.41) is 6.30. The van der Waals surface area contributed by atoms with E-state index in [0.717, 1.165) is 39.5 Å². The van der Waals surface area contributed by atoms with Crippen LogP contribution in [0, 0.1) is 34.6 Å². The molecule has 6 nitrogen and oxygen atoms in total. The van der Waals surface area contributed by atoms with Crippen LogP contribution in [0.3, 0.4) is 0 Å². The van der Waals surface area contributed by atoms with Gasteiger partial charge in [-0.1, -0.05) is 12.1 Å². The van der Waals surface area contributed by atoms with Gasteiger partial charge < -0.3 is 10.1 Å². The Bertz CT molecular complexity index is 1020. The number of carbonyl (C=O) groups is 1. The third kappa shape index (κ3) is 3.47. The number of carbonyl (C=O) groups excluding carboxylic acids is 1. The Morgan fingerprint density at radius 3 is 2.52 bits per heavy atom. The van der Waals surface area contributed by atoms with Gasteiger partial charge in [-0.25, -0.2) is 9.78 Å². The molecule has 2 aromatic heterocycles. The van der Waals surface area contributed by atoms with Crippen molar-refractivity contribution in [3.05, 3.63) is 58.0 Å². The number of nitrogens with zero attached hydrogens (tertiary/aromatic N) is 2. The maximum Gasteiger partial charge on any atom is 0.411 e. The molecule has 2 N–H and O–H groups in total. The number of hydrogen-bond donors (Lipinski definition) is 2. The molecule has 3 rings (SSSR count). The highest BCUT2D eigenvalue weighted by Gasteiger charge is 2.14. The van der Waals surface area contributed by atoms with Gasteiger partial charge in [0.2, 0.25) is 0 Å². The van der Waals surface area contributed by atoms with Crippen LogP contribution in [0.5, 0.6) is 0 Å². The molecule has 27 heavy (non-hydrogen) atoms. The lowest BCUT2D eigenvalue weighted by Gasteiger charge is -2.16. The van der Waals surface area contributed by atoms with Gasteiger partial charge in [-0.2, -0.15) is 0 Å². The zero-order valence-corrected chi connectivity index (χ0v) is 16.7. The van der Waals surface area contributed by atoms with Crippen LogP contribution in [-0.2, 0) is 11.3 Å². The van der Waals surface area contributed by atoms with Gasteiger partial charge in [0.05, 0.1) is 18.5 Å². The van der Waals surface area contributed by atoms with E-state index < -0.39 is 6.09 Å². The van der Waals surface area contributed by atoms with Crippen molar-refractivity contribution in [3.8, 4) is 0 Å². The molecule has 0 aliphatic carbocycles. The van der Waals surface area contributed by atoms with Gasteiger partial charge in [0.25, 0.3) is 0 Å². The predicted molar refractivity (Wildman–Crippen MR) is 109 cm³/mol. The van der Waals surface area contributed by atoms with Crippen LogP contribution in [0.2, 0.25) is 0 Å². The minimum absolute atomic E-state index is 0.477. The third-order valence-corrected chi connectivity index (χ3v) is 5.14. The van der Waals surface area contributed by atoms with Crippen LogP contribution in [-0.4, -0.2) is 22.6 Å². The molecule has 0 bridgehead atoms. The number of pyridine rings is 1. The van der Waals surface area contributed by atoms with Gasteiger partial charge in [-0.05, 0) is 63.4 Å². The highest BCUT2D eigenvalue weighted by Crippen LogP contribution is 2.27. The fourth-order valence-electron chi connectivity index (χ4n) is 3.29. The van der Waals surface area contributed by atoms with Crippen LogP contribution in [0.25, 0.3) is 5.65 Å². The van der Waals surface area contributed by atoms with E-state index in [2.05, 4.69) is 41.9 Å². The number of nitrogens with one attached hydrogen (secondary N) is 2. The Labute approximate surface area is 159 Å². The van der Waals surface area contributed by atoms with E-state index in [-0.39, 0.29) is 0 Å². The molecule has 0 saturated carbocycles. The van der Waals surface area contributed by atoms with Crippen LogP contribution < -0.4 is 10.6 Å². The zero-order chi connectivity index (χ0) is 19.7. The Kier molecular flexibility index (Phi) is 5.08. The third-order valence-electron chi connectivity index (χ3n) is 5.14. The topological polar surface area (TPSA) is 67.7 Å². The van der Waals surface area contributed by atoms with Crippen molar-refractivity contribution in [2.24, 2.45) is 0 Å². The first-order valence-electron chi connectivity index (χ1n) is 8.96. The molecule has 0 atom stereocenters. The second-order valence-electron chi connectivity index (χ2n) is 6.84. The Balaban J connectivity index is 1.98. The predicted octanol–water partition coefficient (Wildman–Crippen LogP) is 4.67. The van der Waals surface area contributed by atoms with Gasteiger partial charge in [0, 0.05) is 23.6 Å². The monoisotopic (exact) mass is 366 g/mol. The molecule has 0 unspecified atom stereocenters. The van der Waals surface area contributed by atoms with Crippen LogP contribution in [0.1, 0.15) is 33.8 Å². The van der Waals surface area contributed by atoms with Gasteiger partial charge in [-0.3, -0.25) is 9.72 Å². The molecule has 0 fully saturated rings. The van der Waals surface area contributed by atoms with E-state index >= 15 is 0 Å². The van der Waals surface area contributed by atoms with E-state index in [9.17, 15) is 4.79 Å². The molecule has 1 aromatic carbocycles. The molecule has 0 radical (unpaired) electrons. The number of methoxy groups -OCH3 is 1. The molecule has 6 heteroatoms. The number of imidazole rings is 1. The van der Waals surface area contributed by atoms with Crippen molar-refractivity contribution in [2.75, 3.05) is 17.7 Å². The molecule has 1 amide bonds. The number of hydrogen-bond acceptors (Lipinski definition) is 4. The van der Waals surface area contributed by atoms with Gasteiger partial charge in [0.1, 0.15) is 0 Å². The number of aromatic nitrogens is 2. The normalized spacial score (nSPS) is 10.9. The number of amides is 1. The van der Waals surface area contributed by atoms with Crippen molar-refractivity contribution < 1.29 is 9.53 Å². The highest BCUT2D eigenvalue weighted by atomic mass is 16.5. The summed E-state index contributed by atoms with van der Waals surface area (Å²) in [6.45, 7) is 10.9. The lowest BCUT2D eigenvalue weighted by Crippen LogP contribution is -2.14. The first-order chi connectivity index (χ1) is 12.8. The van der Waals surface area contributed by atoms with E-state index in [1.807, 2.05) is 32.0 Å². The summed E-state index contributed by atoms with van der Waals surface area (Å²) in [6, 6.07) is 7.95.